The maximum atomic E-state index is 12.3. The summed E-state index contributed by atoms with van der Waals surface area (Å²) >= 11 is 0. The van der Waals surface area contributed by atoms with Gasteiger partial charge in [0, 0.05) is 26.0 Å². The van der Waals surface area contributed by atoms with Gasteiger partial charge in [0.2, 0.25) is 15.9 Å². The van der Waals surface area contributed by atoms with Crippen molar-refractivity contribution in [2.24, 2.45) is 11.7 Å². The number of sulfonamides is 1. The quantitative estimate of drug-likeness (QED) is 0.730. The molecule has 3 N–H and O–H groups in total. The lowest BCUT2D eigenvalue weighted by Crippen LogP contribution is -2.55. The lowest BCUT2D eigenvalue weighted by Gasteiger charge is -2.30. The van der Waals surface area contributed by atoms with Crippen LogP contribution in [0, 0.1) is 5.92 Å². The molecule has 1 fully saturated rings. The van der Waals surface area contributed by atoms with Crippen molar-refractivity contribution in [2.45, 2.75) is 30.2 Å². The topological polar surface area (TPSA) is 105 Å². The minimum atomic E-state index is -3.72. The Kier molecular flexibility index (Phi) is 4.84. The Balaban J connectivity index is 2.02. The molecule has 0 saturated heterocycles. The molecule has 0 bridgehead atoms. The van der Waals surface area contributed by atoms with E-state index in [0.717, 1.165) is 17.1 Å². The molecular formula is C14H22N4O3S. The molecule has 1 atom stereocenters. The number of amides is 1. The van der Waals surface area contributed by atoms with Crippen LogP contribution in [0.4, 0.5) is 0 Å². The SMILES string of the molecule is CN(CC(=O)NC(C)(CN)C1CC1)S(=O)(=O)c1cccnc1. The first-order chi connectivity index (χ1) is 10.3. The van der Waals surface area contributed by atoms with Crippen LogP contribution in [0.5, 0.6) is 0 Å². The number of likely N-dealkylation sites (N-methyl/N-ethyl adjacent to an activating group) is 1. The Labute approximate surface area is 131 Å². The number of hydrogen-bond donors (Lipinski definition) is 2. The highest BCUT2D eigenvalue weighted by atomic mass is 32.2. The molecule has 0 aromatic carbocycles. The second-order valence-corrected chi connectivity index (χ2v) is 7.94. The third kappa shape index (κ3) is 3.63. The van der Waals surface area contributed by atoms with Gasteiger partial charge in [0.05, 0.1) is 12.1 Å². The van der Waals surface area contributed by atoms with Gasteiger partial charge < -0.3 is 11.1 Å². The number of nitrogens with zero attached hydrogens (tertiary/aromatic N) is 2. The Morgan fingerprint density at radius 1 is 1.55 bits per heavy atom. The predicted octanol–water partition coefficient (Wildman–Crippen LogP) is -0.0543. The van der Waals surface area contributed by atoms with E-state index >= 15 is 0 Å². The third-order valence-electron chi connectivity index (χ3n) is 4.04. The smallest absolute Gasteiger partial charge is 0.244 e. The molecule has 8 heteroatoms. The summed E-state index contributed by atoms with van der Waals surface area (Å²) in [5, 5.41) is 2.87. The van der Waals surface area contributed by atoms with Gasteiger partial charge in [-0.2, -0.15) is 4.31 Å². The van der Waals surface area contributed by atoms with Crippen molar-refractivity contribution in [2.75, 3.05) is 20.1 Å². The molecule has 0 aliphatic heterocycles. The van der Waals surface area contributed by atoms with E-state index in [0.29, 0.717) is 12.5 Å². The van der Waals surface area contributed by atoms with Crippen molar-refractivity contribution in [1.29, 1.82) is 0 Å². The van der Waals surface area contributed by atoms with E-state index in [9.17, 15) is 13.2 Å². The van der Waals surface area contributed by atoms with Gasteiger partial charge in [0.25, 0.3) is 0 Å². The Hall–Kier alpha value is -1.51. The fraction of sp³-hybridized carbons (Fsp3) is 0.571. The van der Waals surface area contributed by atoms with Crippen LogP contribution in [-0.4, -0.2) is 49.3 Å². The van der Waals surface area contributed by atoms with Crippen molar-refractivity contribution in [3.05, 3.63) is 24.5 Å². The van der Waals surface area contributed by atoms with Crippen LogP contribution in [0.1, 0.15) is 19.8 Å². The summed E-state index contributed by atoms with van der Waals surface area (Å²) in [5.41, 5.74) is 5.29. The van der Waals surface area contributed by atoms with Crippen molar-refractivity contribution in [1.82, 2.24) is 14.6 Å². The maximum Gasteiger partial charge on any atom is 0.244 e. The first kappa shape index (κ1) is 16.9. The third-order valence-corrected chi connectivity index (χ3v) is 5.82. The number of pyridine rings is 1. The number of carbonyl (C=O) groups excluding carboxylic acids is 1. The monoisotopic (exact) mass is 326 g/mol. The highest BCUT2D eigenvalue weighted by Gasteiger charge is 2.41. The number of hydrogen-bond acceptors (Lipinski definition) is 5. The van der Waals surface area contributed by atoms with E-state index in [1.807, 2.05) is 6.92 Å². The van der Waals surface area contributed by atoms with E-state index in [2.05, 4.69) is 10.3 Å². The lowest BCUT2D eigenvalue weighted by molar-refractivity contribution is -0.123. The molecule has 1 aliphatic rings. The molecule has 1 unspecified atom stereocenters. The molecule has 1 saturated carbocycles. The minimum Gasteiger partial charge on any atom is -0.348 e. The summed E-state index contributed by atoms with van der Waals surface area (Å²) in [5.74, 6) is 0.0245. The van der Waals surface area contributed by atoms with Crippen LogP contribution in [0.2, 0.25) is 0 Å². The first-order valence-electron chi connectivity index (χ1n) is 7.17. The summed E-state index contributed by atoms with van der Waals surface area (Å²) in [6.45, 7) is 1.99. The molecule has 2 rings (SSSR count). The fourth-order valence-electron chi connectivity index (χ4n) is 2.37. The number of nitrogens with one attached hydrogen (secondary N) is 1. The normalized spacial score (nSPS) is 18.0. The zero-order chi connectivity index (χ0) is 16.4. The molecule has 7 nitrogen and oxygen atoms in total. The van der Waals surface area contributed by atoms with E-state index < -0.39 is 15.6 Å². The molecule has 1 aliphatic carbocycles. The highest BCUT2D eigenvalue weighted by Crippen LogP contribution is 2.38. The molecular weight excluding hydrogens is 304 g/mol. The van der Waals surface area contributed by atoms with Crippen molar-refractivity contribution >= 4 is 15.9 Å². The molecule has 0 spiro atoms. The molecule has 122 valence electrons. The second kappa shape index (κ2) is 6.31. The fourth-order valence-corrected chi connectivity index (χ4v) is 3.46. The van der Waals surface area contributed by atoms with Crippen molar-refractivity contribution < 1.29 is 13.2 Å². The van der Waals surface area contributed by atoms with Gasteiger partial charge in [-0.3, -0.25) is 9.78 Å². The van der Waals surface area contributed by atoms with Crippen LogP contribution in [-0.2, 0) is 14.8 Å². The van der Waals surface area contributed by atoms with E-state index in [1.54, 1.807) is 6.07 Å². The molecule has 1 amide bonds. The number of aromatic nitrogens is 1. The second-order valence-electron chi connectivity index (χ2n) is 5.89. The zero-order valence-electron chi connectivity index (χ0n) is 12.8. The molecule has 1 heterocycles. The van der Waals surface area contributed by atoms with Gasteiger partial charge in [0.15, 0.2) is 0 Å². The summed E-state index contributed by atoms with van der Waals surface area (Å²) < 4.78 is 25.7. The Morgan fingerprint density at radius 3 is 2.73 bits per heavy atom. The molecule has 0 radical (unpaired) electrons. The number of carbonyl (C=O) groups is 1. The molecule has 1 aromatic heterocycles. The van der Waals surface area contributed by atoms with Crippen molar-refractivity contribution in [3.8, 4) is 0 Å². The Morgan fingerprint density at radius 2 is 2.23 bits per heavy atom. The van der Waals surface area contributed by atoms with Gasteiger partial charge in [0.1, 0.15) is 4.90 Å². The van der Waals surface area contributed by atoms with E-state index in [1.165, 1.54) is 25.5 Å². The zero-order valence-corrected chi connectivity index (χ0v) is 13.6. The van der Waals surface area contributed by atoms with Crippen molar-refractivity contribution in [3.63, 3.8) is 0 Å². The van der Waals surface area contributed by atoms with Crippen LogP contribution in [0.25, 0.3) is 0 Å². The van der Waals surface area contributed by atoms with Gasteiger partial charge in [-0.15, -0.1) is 0 Å². The summed E-state index contributed by atoms with van der Waals surface area (Å²) in [6.07, 6.45) is 4.83. The van der Waals surface area contributed by atoms with Gasteiger partial charge in [-0.1, -0.05) is 0 Å². The Bertz CT molecular complexity index is 631. The van der Waals surface area contributed by atoms with Crippen LogP contribution >= 0.6 is 0 Å². The summed E-state index contributed by atoms with van der Waals surface area (Å²) in [7, 11) is -2.35. The highest BCUT2D eigenvalue weighted by molar-refractivity contribution is 7.89. The summed E-state index contributed by atoms with van der Waals surface area (Å²) in [6, 6.07) is 2.99. The van der Waals surface area contributed by atoms with Gasteiger partial charge >= 0.3 is 0 Å². The molecule has 22 heavy (non-hydrogen) atoms. The van der Waals surface area contributed by atoms with Crippen LogP contribution < -0.4 is 11.1 Å². The minimum absolute atomic E-state index is 0.0640. The predicted molar refractivity (Wildman–Crippen MR) is 82.4 cm³/mol. The largest absolute Gasteiger partial charge is 0.348 e. The average molecular weight is 326 g/mol. The van der Waals surface area contributed by atoms with Gasteiger partial charge in [-0.05, 0) is 37.8 Å². The van der Waals surface area contributed by atoms with E-state index in [-0.39, 0.29) is 17.3 Å². The van der Waals surface area contributed by atoms with Crippen LogP contribution in [0.3, 0.4) is 0 Å². The lowest BCUT2D eigenvalue weighted by atomic mass is 9.96. The number of rotatable bonds is 7. The average Bonchev–Trinajstić information content (AvgIpc) is 3.32. The van der Waals surface area contributed by atoms with Gasteiger partial charge in [-0.25, -0.2) is 8.42 Å². The van der Waals surface area contributed by atoms with Crippen LogP contribution in [0.15, 0.2) is 29.4 Å². The molecule has 1 aromatic rings. The standard InChI is InChI=1S/C14H22N4O3S/c1-14(10-15,11-5-6-11)17-13(19)9-18(2)22(20,21)12-4-3-7-16-8-12/h3-4,7-8,11H,5-6,9-10,15H2,1-2H3,(H,17,19). The summed E-state index contributed by atoms with van der Waals surface area (Å²) in [4.78, 5) is 16.0. The first-order valence-corrected chi connectivity index (χ1v) is 8.61. The number of nitrogens with two attached hydrogens (primary N) is 1. The maximum absolute atomic E-state index is 12.3. The van der Waals surface area contributed by atoms with E-state index in [4.69, 9.17) is 5.73 Å².